The molecule has 1 atom stereocenters. The third-order valence-corrected chi connectivity index (χ3v) is 3.42. The van der Waals surface area contributed by atoms with E-state index in [-0.39, 0.29) is 0 Å². The average Bonchev–Trinajstić information content (AvgIpc) is 3.02. The normalized spacial score (nSPS) is 19.3. The van der Waals surface area contributed by atoms with Gasteiger partial charge in [-0.25, -0.2) is 9.97 Å². The molecule has 0 aliphatic carbocycles. The summed E-state index contributed by atoms with van der Waals surface area (Å²) in [6.07, 6.45) is 9.64. The highest BCUT2D eigenvalue weighted by molar-refractivity contribution is 5.47. The molecular weight excluding hydrogens is 226 g/mol. The van der Waals surface area contributed by atoms with Crippen molar-refractivity contribution in [1.82, 2.24) is 24.8 Å². The first kappa shape index (κ1) is 11.3. The Labute approximate surface area is 106 Å². The molecule has 0 radical (unpaired) electrons. The fourth-order valence-corrected chi connectivity index (χ4v) is 2.37. The predicted molar refractivity (Wildman–Crippen MR) is 68.9 cm³/mol. The standard InChI is InChI=1S/C13H17N5/c1-18-5-4-15-13(18)12-9-16-11(8-17-12)6-10-2-3-14-7-10/h4-5,8-10,14H,2-3,6-7H2,1H3/t10-/m0/s1. The van der Waals surface area contributed by atoms with E-state index in [1.54, 1.807) is 6.20 Å². The summed E-state index contributed by atoms with van der Waals surface area (Å²) in [4.78, 5) is 13.2. The number of hydrogen-bond donors (Lipinski definition) is 1. The lowest BCUT2D eigenvalue weighted by Gasteiger charge is -2.07. The van der Waals surface area contributed by atoms with E-state index in [0.717, 1.165) is 36.7 Å². The first-order chi connectivity index (χ1) is 8.83. The van der Waals surface area contributed by atoms with Gasteiger partial charge in [-0.2, -0.15) is 0 Å². The molecule has 3 rings (SSSR count). The third-order valence-electron chi connectivity index (χ3n) is 3.42. The van der Waals surface area contributed by atoms with Gasteiger partial charge in [0.1, 0.15) is 5.69 Å². The van der Waals surface area contributed by atoms with Crippen molar-refractivity contribution in [2.75, 3.05) is 13.1 Å². The molecule has 1 aliphatic heterocycles. The SMILES string of the molecule is Cn1ccnc1-c1cnc(C[C@@H]2CCNC2)cn1. The molecule has 0 amide bonds. The van der Waals surface area contributed by atoms with Gasteiger partial charge in [-0.3, -0.25) is 4.98 Å². The molecule has 0 saturated carbocycles. The van der Waals surface area contributed by atoms with Crippen LogP contribution in [0.3, 0.4) is 0 Å². The van der Waals surface area contributed by atoms with Gasteiger partial charge >= 0.3 is 0 Å². The summed E-state index contributed by atoms with van der Waals surface area (Å²) in [5.74, 6) is 1.56. The number of aromatic nitrogens is 4. The summed E-state index contributed by atoms with van der Waals surface area (Å²) in [5.41, 5.74) is 1.90. The van der Waals surface area contributed by atoms with Crippen LogP contribution in [0, 0.1) is 5.92 Å². The summed E-state index contributed by atoms with van der Waals surface area (Å²) in [6.45, 7) is 2.23. The Morgan fingerprint density at radius 2 is 2.28 bits per heavy atom. The largest absolute Gasteiger partial charge is 0.333 e. The molecule has 18 heavy (non-hydrogen) atoms. The van der Waals surface area contributed by atoms with Crippen LogP contribution >= 0.6 is 0 Å². The molecule has 0 spiro atoms. The van der Waals surface area contributed by atoms with Crippen LogP contribution in [0.25, 0.3) is 11.5 Å². The lowest BCUT2D eigenvalue weighted by molar-refractivity contribution is 0.570. The van der Waals surface area contributed by atoms with Crippen molar-refractivity contribution in [2.45, 2.75) is 12.8 Å². The molecule has 0 unspecified atom stereocenters. The number of hydrogen-bond acceptors (Lipinski definition) is 4. The van der Waals surface area contributed by atoms with Crippen LogP contribution in [0.1, 0.15) is 12.1 Å². The van der Waals surface area contributed by atoms with Crippen molar-refractivity contribution >= 4 is 0 Å². The van der Waals surface area contributed by atoms with E-state index in [2.05, 4.69) is 20.3 Å². The van der Waals surface area contributed by atoms with Crippen molar-refractivity contribution in [3.05, 3.63) is 30.5 Å². The van der Waals surface area contributed by atoms with Gasteiger partial charge in [0.2, 0.25) is 0 Å². The first-order valence-corrected chi connectivity index (χ1v) is 6.32. The number of aryl methyl sites for hydroxylation is 1. The van der Waals surface area contributed by atoms with Gasteiger partial charge in [0.15, 0.2) is 5.82 Å². The molecule has 94 valence electrons. The molecule has 0 aromatic carbocycles. The van der Waals surface area contributed by atoms with E-state index >= 15 is 0 Å². The van der Waals surface area contributed by atoms with Crippen LogP contribution in [0.4, 0.5) is 0 Å². The average molecular weight is 243 g/mol. The quantitative estimate of drug-likeness (QED) is 0.874. The molecule has 2 aromatic heterocycles. The minimum absolute atomic E-state index is 0.707. The van der Waals surface area contributed by atoms with Crippen molar-refractivity contribution in [3.8, 4) is 11.5 Å². The first-order valence-electron chi connectivity index (χ1n) is 6.32. The topological polar surface area (TPSA) is 55.6 Å². The minimum Gasteiger partial charge on any atom is -0.333 e. The zero-order chi connectivity index (χ0) is 12.4. The van der Waals surface area contributed by atoms with Crippen LogP contribution in [0.2, 0.25) is 0 Å². The highest BCUT2D eigenvalue weighted by Gasteiger charge is 2.15. The van der Waals surface area contributed by atoms with E-state index in [1.165, 1.54) is 6.42 Å². The Kier molecular flexibility index (Phi) is 3.06. The summed E-state index contributed by atoms with van der Waals surface area (Å²) in [7, 11) is 1.96. The summed E-state index contributed by atoms with van der Waals surface area (Å²) in [6, 6.07) is 0. The minimum atomic E-state index is 0.707. The molecule has 0 bridgehead atoms. The van der Waals surface area contributed by atoms with Crippen LogP contribution < -0.4 is 5.32 Å². The summed E-state index contributed by atoms with van der Waals surface area (Å²) < 4.78 is 1.95. The van der Waals surface area contributed by atoms with Crippen LogP contribution in [0.15, 0.2) is 24.8 Å². The number of nitrogens with zero attached hydrogens (tertiary/aromatic N) is 4. The molecule has 5 heteroatoms. The second kappa shape index (κ2) is 4.86. The Morgan fingerprint density at radius 1 is 1.33 bits per heavy atom. The van der Waals surface area contributed by atoms with E-state index in [0.29, 0.717) is 5.92 Å². The van der Waals surface area contributed by atoms with Gasteiger partial charge in [0.25, 0.3) is 0 Å². The van der Waals surface area contributed by atoms with Gasteiger partial charge < -0.3 is 9.88 Å². The van der Waals surface area contributed by atoms with E-state index < -0.39 is 0 Å². The van der Waals surface area contributed by atoms with Gasteiger partial charge in [-0.15, -0.1) is 0 Å². The third kappa shape index (κ3) is 2.26. The monoisotopic (exact) mass is 243 g/mol. The molecule has 3 heterocycles. The lowest BCUT2D eigenvalue weighted by atomic mass is 10.0. The van der Waals surface area contributed by atoms with Crippen LogP contribution in [-0.4, -0.2) is 32.6 Å². The number of nitrogens with one attached hydrogen (secondary N) is 1. The Bertz CT molecular complexity index is 510. The molecule has 2 aromatic rings. The van der Waals surface area contributed by atoms with E-state index in [1.807, 2.05) is 30.2 Å². The Balaban J connectivity index is 1.74. The smallest absolute Gasteiger partial charge is 0.159 e. The molecular formula is C13H17N5. The van der Waals surface area contributed by atoms with Gasteiger partial charge in [-0.1, -0.05) is 0 Å². The number of imidazole rings is 1. The molecule has 1 saturated heterocycles. The maximum atomic E-state index is 4.50. The van der Waals surface area contributed by atoms with Crippen molar-refractivity contribution in [3.63, 3.8) is 0 Å². The Morgan fingerprint density at radius 3 is 2.89 bits per heavy atom. The highest BCUT2D eigenvalue weighted by Crippen LogP contribution is 2.16. The van der Waals surface area contributed by atoms with Crippen molar-refractivity contribution in [1.29, 1.82) is 0 Å². The van der Waals surface area contributed by atoms with Crippen molar-refractivity contribution < 1.29 is 0 Å². The maximum absolute atomic E-state index is 4.50. The maximum Gasteiger partial charge on any atom is 0.159 e. The fourth-order valence-electron chi connectivity index (χ4n) is 2.37. The van der Waals surface area contributed by atoms with Crippen LogP contribution in [-0.2, 0) is 13.5 Å². The zero-order valence-corrected chi connectivity index (χ0v) is 10.5. The predicted octanol–water partition coefficient (Wildman–Crippen LogP) is 1.03. The Hall–Kier alpha value is -1.75. The number of rotatable bonds is 3. The van der Waals surface area contributed by atoms with E-state index in [9.17, 15) is 0 Å². The second-order valence-electron chi connectivity index (χ2n) is 4.82. The van der Waals surface area contributed by atoms with Crippen molar-refractivity contribution in [2.24, 2.45) is 13.0 Å². The molecule has 1 N–H and O–H groups in total. The lowest BCUT2D eigenvalue weighted by Crippen LogP contribution is -2.11. The van der Waals surface area contributed by atoms with Gasteiger partial charge in [0.05, 0.1) is 11.9 Å². The summed E-state index contributed by atoms with van der Waals surface area (Å²) in [5, 5.41) is 3.37. The molecule has 5 nitrogen and oxygen atoms in total. The van der Waals surface area contributed by atoms with E-state index in [4.69, 9.17) is 0 Å². The van der Waals surface area contributed by atoms with Crippen LogP contribution in [0.5, 0.6) is 0 Å². The molecule has 1 fully saturated rings. The zero-order valence-electron chi connectivity index (χ0n) is 10.5. The van der Waals surface area contributed by atoms with Gasteiger partial charge in [-0.05, 0) is 31.8 Å². The van der Waals surface area contributed by atoms with Gasteiger partial charge in [0, 0.05) is 25.6 Å². The highest BCUT2D eigenvalue weighted by atomic mass is 15.1. The summed E-state index contributed by atoms with van der Waals surface area (Å²) >= 11 is 0. The molecule has 1 aliphatic rings. The second-order valence-corrected chi connectivity index (χ2v) is 4.82. The fraction of sp³-hybridized carbons (Fsp3) is 0.462.